The smallest absolute Gasteiger partial charge is 0.253 e. The van der Waals surface area contributed by atoms with Gasteiger partial charge in [0.15, 0.2) is 0 Å². The lowest BCUT2D eigenvalue weighted by Gasteiger charge is -2.39. The molecule has 1 fully saturated rings. The number of carbonyl (C=O) groups is 1. The molecule has 0 aromatic heterocycles. The minimum Gasteiger partial charge on any atom is -0.399 e. The fraction of sp³-hybridized carbons (Fsp3) is 0.588. The zero-order valence-corrected chi connectivity index (χ0v) is 13.6. The molecule has 0 spiro atoms. The summed E-state index contributed by atoms with van der Waals surface area (Å²) in [6, 6.07) is 5.73. The van der Waals surface area contributed by atoms with Gasteiger partial charge >= 0.3 is 0 Å². The maximum absolute atomic E-state index is 12.7. The number of nitrogens with one attached hydrogen (secondary N) is 1. The molecule has 4 heteroatoms. The molecule has 1 amide bonds. The van der Waals surface area contributed by atoms with Crippen LogP contribution < -0.4 is 16.0 Å². The Balaban J connectivity index is 2.22. The predicted molar refractivity (Wildman–Crippen MR) is 88.7 cm³/mol. The van der Waals surface area contributed by atoms with Crippen molar-refractivity contribution in [2.75, 3.05) is 24.7 Å². The molecule has 0 bridgehead atoms. The second-order valence-corrected chi connectivity index (χ2v) is 6.93. The van der Waals surface area contributed by atoms with Gasteiger partial charge < -0.3 is 16.0 Å². The minimum absolute atomic E-state index is 0.0222. The summed E-state index contributed by atoms with van der Waals surface area (Å²) < 4.78 is 0. The molecule has 1 aromatic carbocycles. The van der Waals surface area contributed by atoms with Gasteiger partial charge in [-0.2, -0.15) is 0 Å². The summed E-state index contributed by atoms with van der Waals surface area (Å²) in [7, 11) is 3.87. The number of hydrogen-bond acceptors (Lipinski definition) is 3. The highest BCUT2D eigenvalue weighted by molar-refractivity contribution is 6.00. The number of nitrogen functional groups attached to an aromatic ring is 1. The molecule has 4 nitrogen and oxygen atoms in total. The molecule has 1 aliphatic rings. The van der Waals surface area contributed by atoms with Crippen LogP contribution in [0.1, 0.15) is 49.9 Å². The Kier molecular flexibility index (Phi) is 4.45. The second kappa shape index (κ2) is 5.96. The van der Waals surface area contributed by atoms with Crippen LogP contribution in [0, 0.1) is 5.41 Å². The number of nitrogens with two attached hydrogens (primary N) is 1. The van der Waals surface area contributed by atoms with Gasteiger partial charge in [-0.3, -0.25) is 4.79 Å². The fourth-order valence-corrected chi connectivity index (χ4v) is 3.12. The average Bonchev–Trinajstić information content (AvgIpc) is 2.40. The number of benzene rings is 1. The first-order valence-electron chi connectivity index (χ1n) is 7.69. The van der Waals surface area contributed by atoms with Gasteiger partial charge in [-0.05, 0) is 36.5 Å². The van der Waals surface area contributed by atoms with E-state index in [2.05, 4.69) is 19.2 Å². The molecule has 0 aliphatic heterocycles. The van der Waals surface area contributed by atoms with E-state index < -0.39 is 0 Å². The molecule has 1 atom stereocenters. The largest absolute Gasteiger partial charge is 0.399 e. The van der Waals surface area contributed by atoms with Crippen molar-refractivity contribution in [1.29, 1.82) is 0 Å². The highest BCUT2D eigenvalue weighted by Gasteiger charge is 2.33. The number of hydrogen-bond donors (Lipinski definition) is 2. The Bertz CT molecular complexity index is 523. The SMILES string of the molecule is CN(C)c1ccc(N)cc1C(=O)NC1CCCCC1(C)C. The van der Waals surface area contributed by atoms with E-state index in [-0.39, 0.29) is 17.4 Å². The topological polar surface area (TPSA) is 58.4 Å². The van der Waals surface area contributed by atoms with Crippen LogP contribution in [-0.2, 0) is 0 Å². The van der Waals surface area contributed by atoms with Crippen LogP contribution in [0.25, 0.3) is 0 Å². The highest BCUT2D eigenvalue weighted by atomic mass is 16.1. The Morgan fingerprint density at radius 3 is 2.67 bits per heavy atom. The maximum Gasteiger partial charge on any atom is 0.253 e. The van der Waals surface area contributed by atoms with Crippen LogP contribution in [0.15, 0.2) is 18.2 Å². The van der Waals surface area contributed by atoms with Crippen molar-refractivity contribution in [3.05, 3.63) is 23.8 Å². The number of nitrogens with zero attached hydrogens (tertiary/aromatic N) is 1. The van der Waals surface area contributed by atoms with E-state index in [1.807, 2.05) is 31.1 Å². The highest BCUT2D eigenvalue weighted by Crippen LogP contribution is 2.35. The molecule has 1 aromatic rings. The summed E-state index contributed by atoms with van der Waals surface area (Å²) in [5.41, 5.74) is 8.18. The maximum atomic E-state index is 12.7. The first-order valence-corrected chi connectivity index (χ1v) is 7.69. The van der Waals surface area contributed by atoms with Crippen LogP contribution in [0.3, 0.4) is 0 Å². The van der Waals surface area contributed by atoms with E-state index in [9.17, 15) is 4.79 Å². The van der Waals surface area contributed by atoms with Crippen LogP contribution in [0.5, 0.6) is 0 Å². The average molecular weight is 289 g/mol. The number of amides is 1. The molecule has 2 rings (SSSR count). The summed E-state index contributed by atoms with van der Waals surface area (Å²) in [5, 5.41) is 3.23. The molecule has 1 aliphatic carbocycles. The van der Waals surface area contributed by atoms with Crippen molar-refractivity contribution in [1.82, 2.24) is 5.32 Å². The first-order chi connectivity index (χ1) is 9.81. The van der Waals surface area contributed by atoms with E-state index in [1.54, 1.807) is 6.07 Å². The standard InChI is InChI=1S/C17H27N3O/c1-17(2)10-6-5-7-15(17)19-16(21)13-11-12(18)8-9-14(13)20(3)4/h8-9,11,15H,5-7,10,18H2,1-4H3,(H,19,21). The summed E-state index contributed by atoms with van der Waals surface area (Å²) in [5.74, 6) is -0.0222. The Labute approximate surface area is 127 Å². The van der Waals surface area contributed by atoms with Crippen molar-refractivity contribution in [3.8, 4) is 0 Å². The fourth-order valence-electron chi connectivity index (χ4n) is 3.12. The van der Waals surface area contributed by atoms with Crippen molar-refractivity contribution < 1.29 is 4.79 Å². The minimum atomic E-state index is -0.0222. The lowest BCUT2D eigenvalue weighted by molar-refractivity contribution is 0.0854. The molecule has 116 valence electrons. The monoisotopic (exact) mass is 289 g/mol. The Hall–Kier alpha value is -1.71. The lowest BCUT2D eigenvalue weighted by Crippen LogP contribution is -2.47. The summed E-state index contributed by atoms with van der Waals surface area (Å²) in [4.78, 5) is 14.6. The zero-order chi connectivity index (χ0) is 15.6. The third-order valence-electron chi connectivity index (χ3n) is 4.56. The molecule has 0 saturated heterocycles. The predicted octanol–water partition coefficient (Wildman–Crippen LogP) is 3.03. The van der Waals surface area contributed by atoms with Crippen molar-refractivity contribution in [2.45, 2.75) is 45.6 Å². The molecular formula is C17H27N3O. The van der Waals surface area contributed by atoms with Crippen molar-refractivity contribution >= 4 is 17.3 Å². The molecule has 21 heavy (non-hydrogen) atoms. The number of rotatable bonds is 3. The lowest BCUT2D eigenvalue weighted by atomic mass is 9.73. The third-order valence-corrected chi connectivity index (χ3v) is 4.56. The van der Waals surface area contributed by atoms with Gasteiger partial charge in [-0.15, -0.1) is 0 Å². The first kappa shape index (κ1) is 15.7. The molecule has 3 N–H and O–H groups in total. The van der Waals surface area contributed by atoms with Crippen molar-refractivity contribution in [3.63, 3.8) is 0 Å². The molecule has 0 heterocycles. The summed E-state index contributed by atoms with van der Waals surface area (Å²) >= 11 is 0. The van der Waals surface area contributed by atoms with Crippen molar-refractivity contribution in [2.24, 2.45) is 5.41 Å². The van der Waals surface area contributed by atoms with Gasteiger partial charge in [0.25, 0.3) is 5.91 Å². The summed E-state index contributed by atoms with van der Waals surface area (Å²) in [6.07, 6.45) is 4.65. The molecule has 0 radical (unpaired) electrons. The van der Waals surface area contributed by atoms with E-state index >= 15 is 0 Å². The number of anilines is 2. The van der Waals surface area contributed by atoms with Gasteiger partial charge in [-0.1, -0.05) is 26.7 Å². The van der Waals surface area contributed by atoms with Gasteiger partial charge in [-0.25, -0.2) is 0 Å². The number of carbonyl (C=O) groups excluding carboxylic acids is 1. The van der Waals surface area contributed by atoms with Gasteiger partial charge in [0.1, 0.15) is 0 Å². The van der Waals surface area contributed by atoms with Crippen LogP contribution >= 0.6 is 0 Å². The zero-order valence-electron chi connectivity index (χ0n) is 13.6. The van der Waals surface area contributed by atoms with Gasteiger partial charge in [0.2, 0.25) is 0 Å². The van der Waals surface area contributed by atoms with Crippen LogP contribution in [0.2, 0.25) is 0 Å². The quantitative estimate of drug-likeness (QED) is 0.841. The summed E-state index contributed by atoms with van der Waals surface area (Å²) in [6.45, 7) is 4.48. The van der Waals surface area contributed by atoms with Crippen LogP contribution in [-0.4, -0.2) is 26.0 Å². The van der Waals surface area contributed by atoms with E-state index in [0.717, 1.165) is 18.5 Å². The molecule has 1 saturated carbocycles. The Morgan fingerprint density at radius 2 is 2.05 bits per heavy atom. The third kappa shape index (κ3) is 3.49. The van der Waals surface area contributed by atoms with E-state index in [0.29, 0.717) is 11.3 Å². The molecule has 1 unspecified atom stereocenters. The van der Waals surface area contributed by atoms with E-state index in [1.165, 1.54) is 12.8 Å². The van der Waals surface area contributed by atoms with Gasteiger partial charge in [0, 0.05) is 31.5 Å². The second-order valence-electron chi connectivity index (χ2n) is 6.93. The Morgan fingerprint density at radius 1 is 1.33 bits per heavy atom. The normalized spacial score (nSPS) is 20.9. The van der Waals surface area contributed by atoms with Crippen LogP contribution in [0.4, 0.5) is 11.4 Å². The molecular weight excluding hydrogens is 262 g/mol. The van der Waals surface area contributed by atoms with Gasteiger partial charge in [0.05, 0.1) is 5.56 Å². The van der Waals surface area contributed by atoms with E-state index in [4.69, 9.17) is 5.73 Å².